The second-order valence-electron chi connectivity index (χ2n) is 2.34. The van der Waals surface area contributed by atoms with Gasteiger partial charge in [0, 0.05) is 13.7 Å². The fourth-order valence-electron chi connectivity index (χ4n) is 0.578. The number of carbonyl (C=O) groups is 1. The molecule has 0 aliphatic rings. The molecule has 0 amide bonds. The molecule has 0 saturated carbocycles. The Morgan fingerprint density at radius 1 is 1.50 bits per heavy atom. The number of hydrogen-bond donors (Lipinski definition) is 2. The summed E-state index contributed by atoms with van der Waals surface area (Å²) in [5.41, 5.74) is 5.22. The van der Waals surface area contributed by atoms with Gasteiger partial charge in [-0.05, 0) is 6.42 Å². The van der Waals surface area contributed by atoms with Crippen LogP contribution in [-0.4, -0.2) is 44.0 Å². The highest BCUT2D eigenvalue weighted by atomic mass is 16.5. The third-order valence-electron chi connectivity index (χ3n) is 1.32. The topological polar surface area (TPSA) is 81.8 Å². The average molecular weight is 177 g/mol. The smallest absolute Gasteiger partial charge is 0.320 e. The van der Waals surface area contributed by atoms with E-state index in [-0.39, 0.29) is 0 Å². The highest BCUT2D eigenvalue weighted by molar-refractivity contribution is 5.72. The van der Waals surface area contributed by atoms with E-state index in [0.717, 1.165) is 0 Å². The monoisotopic (exact) mass is 177 g/mol. The number of carboxylic acid groups (broad SMARTS) is 1. The van der Waals surface area contributed by atoms with Crippen molar-refractivity contribution in [3.05, 3.63) is 0 Å². The van der Waals surface area contributed by atoms with Crippen molar-refractivity contribution in [1.29, 1.82) is 0 Å². The molecule has 0 rings (SSSR count). The van der Waals surface area contributed by atoms with Crippen LogP contribution in [0.2, 0.25) is 0 Å². The molecule has 0 fully saturated rings. The predicted molar refractivity (Wildman–Crippen MR) is 42.9 cm³/mol. The molecule has 72 valence electrons. The van der Waals surface area contributed by atoms with E-state index in [2.05, 4.69) is 0 Å². The molecular formula is C7H15NO4. The van der Waals surface area contributed by atoms with E-state index in [4.69, 9.17) is 20.3 Å². The second kappa shape index (κ2) is 7.02. The van der Waals surface area contributed by atoms with Gasteiger partial charge in [-0.1, -0.05) is 0 Å². The summed E-state index contributed by atoms with van der Waals surface area (Å²) >= 11 is 0. The van der Waals surface area contributed by atoms with Gasteiger partial charge in [-0.2, -0.15) is 0 Å². The fraction of sp³-hybridized carbons (Fsp3) is 0.857. The van der Waals surface area contributed by atoms with Crippen LogP contribution in [0.3, 0.4) is 0 Å². The van der Waals surface area contributed by atoms with Gasteiger partial charge < -0.3 is 20.3 Å². The number of aliphatic carboxylic acids is 1. The summed E-state index contributed by atoms with van der Waals surface area (Å²) in [7, 11) is 1.58. The minimum atomic E-state index is -0.995. The molecule has 1 unspecified atom stereocenters. The molecule has 0 radical (unpaired) electrons. The standard InChI is InChI=1S/C7H15NO4/c1-11-4-5-12-3-2-6(8)7(9)10/h6H,2-5,8H2,1H3,(H,9,10). The lowest BCUT2D eigenvalue weighted by Gasteiger charge is -2.06. The van der Waals surface area contributed by atoms with Crippen molar-refractivity contribution in [2.45, 2.75) is 12.5 Å². The number of rotatable bonds is 7. The zero-order chi connectivity index (χ0) is 9.40. The molecule has 1 atom stereocenters. The van der Waals surface area contributed by atoms with Crippen LogP contribution in [-0.2, 0) is 14.3 Å². The summed E-state index contributed by atoms with van der Waals surface area (Å²) in [6.45, 7) is 1.35. The molecule has 0 aromatic heterocycles. The van der Waals surface area contributed by atoms with Crippen LogP contribution >= 0.6 is 0 Å². The van der Waals surface area contributed by atoms with Gasteiger partial charge in [0.15, 0.2) is 0 Å². The minimum Gasteiger partial charge on any atom is -0.480 e. The zero-order valence-corrected chi connectivity index (χ0v) is 7.16. The van der Waals surface area contributed by atoms with Crippen LogP contribution in [0.15, 0.2) is 0 Å². The fourth-order valence-corrected chi connectivity index (χ4v) is 0.578. The average Bonchev–Trinajstić information content (AvgIpc) is 2.03. The molecule has 0 heterocycles. The number of methoxy groups -OCH3 is 1. The van der Waals surface area contributed by atoms with Crippen molar-refractivity contribution >= 4 is 5.97 Å². The molecule has 0 aromatic rings. The molecule has 12 heavy (non-hydrogen) atoms. The summed E-state index contributed by atoms with van der Waals surface area (Å²) in [6.07, 6.45) is 0.332. The van der Waals surface area contributed by atoms with Crippen LogP contribution in [0.4, 0.5) is 0 Å². The number of ether oxygens (including phenoxy) is 2. The zero-order valence-electron chi connectivity index (χ0n) is 7.16. The van der Waals surface area contributed by atoms with Crippen LogP contribution in [0.5, 0.6) is 0 Å². The number of hydrogen-bond acceptors (Lipinski definition) is 4. The maximum Gasteiger partial charge on any atom is 0.320 e. The first-order valence-electron chi connectivity index (χ1n) is 3.73. The van der Waals surface area contributed by atoms with Gasteiger partial charge in [-0.15, -0.1) is 0 Å². The van der Waals surface area contributed by atoms with Gasteiger partial charge in [0.2, 0.25) is 0 Å². The van der Waals surface area contributed by atoms with Crippen LogP contribution < -0.4 is 5.73 Å². The highest BCUT2D eigenvalue weighted by Crippen LogP contribution is 1.89. The summed E-state index contributed by atoms with van der Waals surface area (Å²) in [4.78, 5) is 10.2. The first kappa shape index (κ1) is 11.4. The Labute approximate surface area is 71.5 Å². The van der Waals surface area contributed by atoms with Crippen molar-refractivity contribution < 1.29 is 19.4 Å². The summed E-state index contributed by atoms with van der Waals surface area (Å²) in [5, 5.41) is 8.38. The highest BCUT2D eigenvalue weighted by Gasteiger charge is 2.09. The van der Waals surface area contributed by atoms with E-state index in [1.165, 1.54) is 0 Å². The van der Waals surface area contributed by atoms with Crippen molar-refractivity contribution in [3.63, 3.8) is 0 Å². The van der Waals surface area contributed by atoms with Crippen molar-refractivity contribution in [2.24, 2.45) is 5.73 Å². The van der Waals surface area contributed by atoms with Gasteiger partial charge in [-0.3, -0.25) is 4.79 Å². The van der Waals surface area contributed by atoms with Gasteiger partial charge in [0.1, 0.15) is 6.04 Å². The molecular weight excluding hydrogens is 162 g/mol. The quantitative estimate of drug-likeness (QED) is 0.510. The Kier molecular flexibility index (Phi) is 6.64. The number of carboxylic acids is 1. The first-order chi connectivity index (χ1) is 5.68. The second-order valence-corrected chi connectivity index (χ2v) is 2.34. The maximum atomic E-state index is 10.2. The first-order valence-corrected chi connectivity index (χ1v) is 3.73. The molecule has 3 N–H and O–H groups in total. The van der Waals surface area contributed by atoms with E-state index in [9.17, 15) is 4.79 Å². The van der Waals surface area contributed by atoms with Crippen molar-refractivity contribution in [3.8, 4) is 0 Å². The Morgan fingerprint density at radius 3 is 2.67 bits per heavy atom. The van der Waals surface area contributed by atoms with Gasteiger partial charge in [-0.25, -0.2) is 0 Å². The minimum absolute atomic E-state index is 0.332. The SMILES string of the molecule is COCCOCCC(N)C(=O)O. The summed E-state index contributed by atoms with van der Waals surface area (Å²) < 4.78 is 9.75. The Hall–Kier alpha value is -0.650. The molecule has 0 aliphatic carbocycles. The van der Waals surface area contributed by atoms with E-state index >= 15 is 0 Å². The van der Waals surface area contributed by atoms with E-state index < -0.39 is 12.0 Å². The summed E-state index contributed by atoms with van der Waals surface area (Å²) in [5.74, 6) is -0.995. The van der Waals surface area contributed by atoms with E-state index in [1.807, 2.05) is 0 Å². The molecule has 5 nitrogen and oxygen atoms in total. The largest absolute Gasteiger partial charge is 0.480 e. The lowest BCUT2D eigenvalue weighted by molar-refractivity contribution is -0.139. The molecule has 0 aliphatic heterocycles. The summed E-state index contributed by atoms with van der Waals surface area (Å²) in [6, 6.07) is -0.826. The normalized spacial score (nSPS) is 12.8. The molecule has 0 bridgehead atoms. The van der Waals surface area contributed by atoms with Crippen LogP contribution in [0.1, 0.15) is 6.42 Å². The lowest BCUT2D eigenvalue weighted by atomic mass is 10.2. The van der Waals surface area contributed by atoms with Gasteiger partial charge >= 0.3 is 5.97 Å². The van der Waals surface area contributed by atoms with Crippen LogP contribution in [0, 0.1) is 0 Å². The van der Waals surface area contributed by atoms with E-state index in [1.54, 1.807) is 7.11 Å². The third-order valence-corrected chi connectivity index (χ3v) is 1.32. The van der Waals surface area contributed by atoms with Crippen molar-refractivity contribution in [2.75, 3.05) is 26.9 Å². The molecule has 0 saturated heterocycles. The Bertz CT molecular complexity index is 129. The maximum absolute atomic E-state index is 10.2. The number of nitrogens with two attached hydrogens (primary N) is 1. The lowest BCUT2D eigenvalue weighted by Crippen LogP contribution is -2.31. The van der Waals surface area contributed by atoms with Gasteiger partial charge in [0.05, 0.1) is 13.2 Å². The Morgan fingerprint density at radius 2 is 2.17 bits per heavy atom. The molecule has 5 heteroatoms. The Balaban J connectivity index is 3.14. The van der Waals surface area contributed by atoms with Crippen LogP contribution in [0.25, 0.3) is 0 Å². The molecule has 0 aromatic carbocycles. The molecule has 0 spiro atoms. The van der Waals surface area contributed by atoms with E-state index in [0.29, 0.717) is 26.2 Å². The van der Waals surface area contributed by atoms with Gasteiger partial charge in [0.25, 0.3) is 0 Å². The predicted octanol–water partition coefficient (Wildman–Crippen LogP) is -0.549. The third kappa shape index (κ3) is 6.09. The van der Waals surface area contributed by atoms with Crippen molar-refractivity contribution in [1.82, 2.24) is 0 Å².